The molecule has 2 rings (SSSR count). The van der Waals surface area contributed by atoms with Gasteiger partial charge in [-0.05, 0) is 24.3 Å². The van der Waals surface area contributed by atoms with E-state index in [0.717, 1.165) is 18.4 Å². The molecule has 0 aliphatic carbocycles. The number of carboxylic acids is 1. The molecular weight excluding hydrogens is 294 g/mol. The smallest absolute Gasteiger partial charge is 0.332 e. The van der Waals surface area contributed by atoms with Crippen LogP contribution in [0.15, 0.2) is 30.3 Å². The molecule has 126 valence electrons. The van der Waals surface area contributed by atoms with Crippen LogP contribution in [0.4, 0.5) is 0 Å². The molecule has 0 spiro atoms. The van der Waals surface area contributed by atoms with Crippen LogP contribution in [-0.2, 0) is 14.3 Å². The minimum absolute atomic E-state index is 0.0776. The third kappa shape index (κ3) is 4.32. The van der Waals surface area contributed by atoms with E-state index in [1.165, 1.54) is 0 Å². The summed E-state index contributed by atoms with van der Waals surface area (Å²) in [6.07, 6.45) is 1.21. The molecule has 0 radical (unpaired) electrons. The highest BCUT2D eigenvalue weighted by Crippen LogP contribution is 2.28. The summed E-state index contributed by atoms with van der Waals surface area (Å²) in [4.78, 5) is 23.5. The summed E-state index contributed by atoms with van der Waals surface area (Å²) in [7, 11) is 0. The SMILES string of the molecule is CCC(CC)C(NC(=O)[C@@H]1CC[C@H](C(=O)O)O1)c1ccccc1. The zero-order chi connectivity index (χ0) is 16.8. The average Bonchev–Trinajstić information content (AvgIpc) is 3.06. The van der Waals surface area contributed by atoms with Crippen molar-refractivity contribution in [1.82, 2.24) is 5.32 Å². The van der Waals surface area contributed by atoms with Crippen LogP contribution in [0, 0.1) is 5.92 Å². The highest BCUT2D eigenvalue weighted by molar-refractivity contribution is 5.83. The number of rotatable bonds is 7. The fourth-order valence-electron chi connectivity index (χ4n) is 3.15. The average molecular weight is 319 g/mol. The summed E-state index contributed by atoms with van der Waals surface area (Å²) in [6, 6.07) is 9.82. The first kappa shape index (κ1) is 17.5. The first-order chi connectivity index (χ1) is 11.1. The van der Waals surface area contributed by atoms with Crippen LogP contribution in [-0.4, -0.2) is 29.2 Å². The van der Waals surface area contributed by atoms with E-state index < -0.39 is 18.2 Å². The number of carboxylic acid groups (broad SMARTS) is 1. The van der Waals surface area contributed by atoms with Crippen LogP contribution >= 0.6 is 0 Å². The van der Waals surface area contributed by atoms with Gasteiger partial charge >= 0.3 is 5.97 Å². The van der Waals surface area contributed by atoms with Crippen molar-refractivity contribution >= 4 is 11.9 Å². The molecule has 5 nitrogen and oxygen atoms in total. The van der Waals surface area contributed by atoms with Gasteiger partial charge in [-0.3, -0.25) is 4.79 Å². The molecule has 1 amide bonds. The van der Waals surface area contributed by atoms with E-state index >= 15 is 0 Å². The van der Waals surface area contributed by atoms with Crippen LogP contribution in [0.5, 0.6) is 0 Å². The number of hydrogen-bond acceptors (Lipinski definition) is 3. The number of ether oxygens (including phenoxy) is 1. The van der Waals surface area contributed by atoms with Crippen molar-refractivity contribution in [3.63, 3.8) is 0 Å². The van der Waals surface area contributed by atoms with Crippen molar-refractivity contribution in [1.29, 1.82) is 0 Å². The minimum atomic E-state index is -1.00. The maximum atomic E-state index is 12.5. The molecule has 5 heteroatoms. The van der Waals surface area contributed by atoms with Crippen molar-refractivity contribution in [2.45, 2.75) is 57.8 Å². The van der Waals surface area contributed by atoms with Crippen molar-refractivity contribution in [3.05, 3.63) is 35.9 Å². The van der Waals surface area contributed by atoms with Gasteiger partial charge in [0.15, 0.2) is 6.10 Å². The van der Waals surface area contributed by atoms with Crippen LogP contribution < -0.4 is 5.32 Å². The van der Waals surface area contributed by atoms with Crippen molar-refractivity contribution in [3.8, 4) is 0 Å². The highest BCUT2D eigenvalue weighted by atomic mass is 16.5. The molecule has 1 aliphatic heterocycles. The largest absolute Gasteiger partial charge is 0.479 e. The lowest BCUT2D eigenvalue weighted by Crippen LogP contribution is -2.40. The van der Waals surface area contributed by atoms with E-state index in [9.17, 15) is 9.59 Å². The highest BCUT2D eigenvalue weighted by Gasteiger charge is 2.36. The molecule has 23 heavy (non-hydrogen) atoms. The lowest BCUT2D eigenvalue weighted by atomic mass is 9.88. The first-order valence-corrected chi connectivity index (χ1v) is 8.30. The van der Waals surface area contributed by atoms with Gasteiger partial charge in [0, 0.05) is 0 Å². The standard InChI is InChI=1S/C18H25NO4/c1-3-12(4-2)16(13-8-6-5-7-9-13)19-17(20)14-10-11-15(23-14)18(21)22/h5-9,12,14-16H,3-4,10-11H2,1-2H3,(H,19,20)(H,21,22)/t14-,15+,16?/m0/s1. The van der Waals surface area contributed by atoms with Gasteiger partial charge in [-0.25, -0.2) is 4.79 Å². The van der Waals surface area contributed by atoms with E-state index in [-0.39, 0.29) is 11.9 Å². The van der Waals surface area contributed by atoms with E-state index in [0.29, 0.717) is 18.8 Å². The Morgan fingerprint density at radius 3 is 2.30 bits per heavy atom. The molecule has 1 aromatic carbocycles. The number of benzene rings is 1. The molecule has 0 saturated carbocycles. The number of aliphatic carboxylic acids is 1. The second-order valence-electron chi connectivity index (χ2n) is 6.00. The Hall–Kier alpha value is -1.88. The number of amides is 1. The number of carbonyl (C=O) groups is 2. The molecular formula is C18H25NO4. The van der Waals surface area contributed by atoms with Crippen LogP contribution in [0.2, 0.25) is 0 Å². The summed E-state index contributed by atoms with van der Waals surface area (Å²) in [5.74, 6) is -0.882. The quantitative estimate of drug-likeness (QED) is 0.810. The van der Waals surface area contributed by atoms with Gasteiger partial charge in [-0.15, -0.1) is 0 Å². The predicted octanol–water partition coefficient (Wildman–Crippen LogP) is 2.91. The molecule has 0 aromatic heterocycles. The number of nitrogens with one attached hydrogen (secondary N) is 1. The van der Waals surface area contributed by atoms with Crippen molar-refractivity contribution < 1.29 is 19.4 Å². The first-order valence-electron chi connectivity index (χ1n) is 8.30. The van der Waals surface area contributed by atoms with Gasteiger partial charge < -0.3 is 15.2 Å². The van der Waals surface area contributed by atoms with Crippen molar-refractivity contribution in [2.24, 2.45) is 5.92 Å². The van der Waals surface area contributed by atoms with Gasteiger partial charge in [-0.2, -0.15) is 0 Å². The Labute approximate surface area is 137 Å². The Morgan fingerprint density at radius 1 is 1.17 bits per heavy atom. The molecule has 1 saturated heterocycles. The molecule has 1 heterocycles. The number of carbonyl (C=O) groups excluding carboxylic acids is 1. The van der Waals surface area contributed by atoms with E-state index in [2.05, 4.69) is 19.2 Å². The summed E-state index contributed by atoms with van der Waals surface area (Å²) in [6.45, 7) is 4.23. The van der Waals surface area contributed by atoms with Gasteiger partial charge in [0.05, 0.1) is 6.04 Å². The molecule has 1 unspecified atom stereocenters. The second-order valence-corrected chi connectivity index (χ2v) is 6.00. The van der Waals surface area contributed by atoms with Gasteiger partial charge in [-0.1, -0.05) is 57.0 Å². The van der Waals surface area contributed by atoms with Gasteiger partial charge in [0.1, 0.15) is 6.10 Å². The Kier molecular flexibility index (Phi) is 6.16. The Balaban J connectivity index is 2.09. The minimum Gasteiger partial charge on any atom is -0.479 e. The lowest BCUT2D eigenvalue weighted by molar-refractivity contribution is -0.152. The van der Waals surface area contributed by atoms with Crippen LogP contribution in [0.3, 0.4) is 0 Å². The molecule has 3 atom stereocenters. The van der Waals surface area contributed by atoms with E-state index in [1.54, 1.807) is 0 Å². The molecule has 1 aromatic rings. The maximum Gasteiger partial charge on any atom is 0.332 e. The molecule has 0 bridgehead atoms. The Morgan fingerprint density at radius 2 is 1.78 bits per heavy atom. The summed E-state index contributed by atoms with van der Waals surface area (Å²) >= 11 is 0. The fraction of sp³-hybridized carbons (Fsp3) is 0.556. The van der Waals surface area contributed by atoms with Crippen LogP contribution in [0.1, 0.15) is 51.1 Å². The third-order valence-corrected chi connectivity index (χ3v) is 4.56. The topological polar surface area (TPSA) is 75.6 Å². The van der Waals surface area contributed by atoms with Gasteiger partial charge in [0.2, 0.25) is 5.91 Å². The maximum absolute atomic E-state index is 12.5. The van der Waals surface area contributed by atoms with Gasteiger partial charge in [0.25, 0.3) is 0 Å². The van der Waals surface area contributed by atoms with E-state index in [1.807, 2.05) is 30.3 Å². The summed E-state index contributed by atoms with van der Waals surface area (Å²) in [5.41, 5.74) is 1.07. The molecule has 2 N–H and O–H groups in total. The monoisotopic (exact) mass is 319 g/mol. The summed E-state index contributed by atoms with van der Waals surface area (Å²) < 4.78 is 5.36. The molecule has 1 aliphatic rings. The third-order valence-electron chi connectivity index (χ3n) is 4.56. The normalized spacial score (nSPS) is 22.0. The lowest BCUT2D eigenvalue weighted by Gasteiger charge is -2.28. The number of hydrogen-bond donors (Lipinski definition) is 2. The zero-order valence-corrected chi connectivity index (χ0v) is 13.7. The van der Waals surface area contributed by atoms with Crippen LogP contribution in [0.25, 0.3) is 0 Å². The summed E-state index contributed by atoms with van der Waals surface area (Å²) in [5, 5.41) is 12.1. The zero-order valence-electron chi connectivity index (χ0n) is 13.7. The Bertz CT molecular complexity index is 527. The molecule has 1 fully saturated rings. The van der Waals surface area contributed by atoms with E-state index in [4.69, 9.17) is 9.84 Å². The van der Waals surface area contributed by atoms with Crippen molar-refractivity contribution in [2.75, 3.05) is 0 Å². The fourth-order valence-corrected chi connectivity index (χ4v) is 3.15. The predicted molar refractivity (Wildman–Crippen MR) is 86.9 cm³/mol. The second kappa shape index (κ2) is 8.11.